The minimum atomic E-state index is -3.78. The number of hydrogen-bond donors (Lipinski definition) is 1. The van der Waals surface area contributed by atoms with Crippen LogP contribution in [0, 0.1) is 17.2 Å². The van der Waals surface area contributed by atoms with Crippen LogP contribution in [0.15, 0.2) is 88.7 Å². The number of nitrogens with one attached hydrogen (secondary N) is 1. The predicted octanol–water partition coefficient (Wildman–Crippen LogP) is 4.89. The van der Waals surface area contributed by atoms with Crippen LogP contribution in [0.2, 0.25) is 0 Å². The molecule has 174 valence electrons. The molecule has 0 unspecified atom stereocenters. The van der Waals surface area contributed by atoms with Crippen molar-refractivity contribution in [3.8, 4) is 6.07 Å². The Balaban J connectivity index is 1.38. The molecule has 0 radical (unpaired) electrons. The highest BCUT2D eigenvalue weighted by atomic mass is 32.2. The predicted molar refractivity (Wildman–Crippen MR) is 134 cm³/mol. The number of piperidine rings is 1. The van der Waals surface area contributed by atoms with Gasteiger partial charge in [0.15, 0.2) is 0 Å². The first kappa shape index (κ1) is 24.0. The van der Waals surface area contributed by atoms with Crippen molar-refractivity contribution in [1.82, 2.24) is 4.31 Å². The fourth-order valence-electron chi connectivity index (χ4n) is 3.95. The van der Waals surface area contributed by atoms with Crippen LogP contribution in [0.3, 0.4) is 0 Å². The summed E-state index contributed by atoms with van der Waals surface area (Å²) in [6.45, 7) is 0.481. The Morgan fingerprint density at radius 3 is 2.35 bits per heavy atom. The van der Waals surface area contributed by atoms with Crippen LogP contribution in [0.1, 0.15) is 24.0 Å². The van der Waals surface area contributed by atoms with Crippen molar-refractivity contribution in [3.05, 3.63) is 90.0 Å². The molecule has 34 heavy (non-hydrogen) atoms. The Kier molecular flexibility index (Phi) is 7.68. The number of nitriles is 1. The average Bonchev–Trinajstić information content (AvgIpc) is 2.88. The van der Waals surface area contributed by atoms with Crippen molar-refractivity contribution in [2.45, 2.75) is 28.4 Å². The summed E-state index contributed by atoms with van der Waals surface area (Å²) in [7, 11) is -3.78. The molecule has 0 atom stereocenters. The molecular weight excluding hydrogens is 466 g/mol. The lowest BCUT2D eigenvalue weighted by molar-refractivity contribution is -0.120. The molecule has 0 aromatic heterocycles. The van der Waals surface area contributed by atoms with Crippen LogP contribution >= 0.6 is 11.8 Å². The number of anilines is 1. The van der Waals surface area contributed by atoms with Gasteiger partial charge in [0.2, 0.25) is 15.9 Å². The largest absolute Gasteiger partial charge is 0.325 e. The molecule has 0 bridgehead atoms. The van der Waals surface area contributed by atoms with Gasteiger partial charge in [-0.2, -0.15) is 9.57 Å². The van der Waals surface area contributed by atoms with E-state index in [1.54, 1.807) is 23.9 Å². The Morgan fingerprint density at radius 1 is 0.971 bits per heavy atom. The highest BCUT2D eigenvalue weighted by Crippen LogP contribution is 2.31. The Hall–Kier alpha value is -3.12. The molecule has 1 fully saturated rings. The Morgan fingerprint density at radius 2 is 1.62 bits per heavy atom. The van der Waals surface area contributed by atoms with E-state index < -0.39 is 10.0 Å². The van der Waals surface area contributed by atoms with E-state index in [0.717, 1.165) is 16.3 Å². The van der Waals surface area contributed by atoms with Gasteiger partial charge in [-0.1, -0.05) is 54.6 Å². The monoisotopic (exact) mass is 491 g/mol. The summed E-state index contributed by atoms with van der Waals surface area (Å²) in [6.07, 6.45) is 0.859. The number of carbonyl (C=O) groups excluding carboxylic acids is 1. The van der Waals surface area contributed by atoms with Crippen molar-refractivity contribution in [2.24, 2.45) is 5.92 Å². The van der Waals surface area contributed by atoms with Gasteiger partial charge < -0.3 is 5.32 Å². The first-order chi connectivity index (χ1) is 16.5. The van der Waals surface area contributed by atoms with E-state index in [9.17, 15) is 18.5 Å². The van der Waals surface area contributed by atoms with Gasteiger partial charge in [-0.05, 0) is 42.7 Å². The smallest absolute Gasteiger partial charge is 0.244 e. The Labute approximate surface area is 204 Å². The SMILES string of the molecule is N#Cc1ccccc1S(=O)(=O)N1CCC(C(=O)Nc2ccccc2SCc2ccccc2)CC1. The van der Waals surface area contributed by atoms with Gasteiger partial charge in [0.1, 0.15) is 6.07 Å². The number of para-hydroxylation sites is 1. The molecule has 3 aromatic carbocycles. The Bertz CT molecular complexity index is 1300. The van der Waals surface area contributed by atoms with Crippen molar-refractivity contribution in [2.75, 3.05) is 18.4 Å². The van der Waals surface area contributed by atoms with E-state index in [-0.39, 0.29) is 35.4 Å². The summed E-state index contributed by atoms with van der Waals surface area (Å²) in [5, 5.41) is 12.3. The van der Waals surface area contributed by atoms with Crippen LogP contribution in [0.5, 0.6) is 0 Å². The maximum absolute atomic E-state index is 13.0. The number of carbonyl (C=O) groups is 1. The van der Waals surface area contributed by atoms with E-state index in [4.69, 9.17) is 0 Å². The molecule has 0 aliphatic carbocycles. The summed E-state index contributed by atoms with van der Waals surface area (Å²) in [5.41, 5.74) is 2.11. The van der Waals surface area contributed by atoms with Gasteiger partial charge in [-0.15, -0.1) is 11.8 Å². The minimum absolute atomic E-state index is 0.0183. The van der Waals surface area contributed by atoms with Crippen molar-refractivity contribution < 1.29 is 13.2 Å². The van der Waals surface area contributed by atoms with Crippen molar-refractivity contribution in [3.63, 3.8) is 0 Å². The second-order valence-electron chi connectivity index (χ2n) is 8.05. The molecule has 1 aliphatic heterocycles. The lowest BCUT2D eigenvalue weighted by Crippen LogP contribution is -2.41. The second-order valence-corrected chi connectivity index (χ2v) is 11.0. The van der Waals surface area contributed by atoms with Crippen molar-refractivity contribution >= 4 is 33.4 Å². The molecule has 1 amide bonds. The molecule has 0 spiro atoms. The molecule has 8 heteroatoms. The van der Waals surface area contributed by atoms with E-state index >= 15 is 0 Å². The highest BCUT2D eigenvalue weighted by molar-refractivity contribution is 7.98. The normalized spacial score (nSPS) is 14.9. The van der Waals surface area contributed by atoms with Crippen LogP contribution in [-0.4, -0.2) is 31.7 Å². The molecule has 1 aliphatic rings. The molecule has 3 aromatic rings. The zero-order valence-electron chi connectivity index (χ0n) is 18.6. The number of benzene rings is 3. The number of thioether (sulfide) groups is 1. The second kappa shape index (κ2) is 10.9. The van der Waals surface area contributed by atoms with Gasteiger partial charge in [-0.3, -0.25) is 4.79 Å². The fourth-order valence-corrected chi connectivity index (χ4v) is 6.52. The highest BCUT2D eigenvalue weighted by Gasteiger charge is 2.33. The first-order valence-electron chi connectivity index (χ1n) is 11.0. The topological polar surface area (TPSA) is 90.3 Å². The van der Waals surface area contributed by atoms with E-state index in [1.807, 2.05) is 48.5 Å². The zero-order valence-corrected chi connectivity index (χ0v) is 20.2. The van der Waals surface area contributed by atoms with Crippen LogP contribution in [0.4, 0.5) is 5.69 Å². The molecule has 0 saturated carbocycles. The third-order valence-electron chi connectivity index (χ3n) is 5.83. The molecule has 1 N–H and O–H groups in total. The fraction of sp³-hybridized carbons (Fsp3) is 0.231. The third-order valence-corrected chi connectivity index (χ3v) is 8.93. The van der Waals surface area contributed by atoms with Crippen molar-refractivity contribution in [1.29, 1.82) is 5.26 Å². The maximum atomic E-state index is 13.0. The number of amides is 1. The zero-order chi connectivity index (χ0) is 24.0. The van der Waals surface area contributed by atoms with Gasteiger partial charge in [0.25, 0.3) is 0 Å². The molecule has 4 rings (SSSR count). The molecule has 6 nitrogen and oxygen atoms in total. The lowest BCUT2D eigenvalue weighted by atomic mass is 9.97. The quantitative estimate of drug-likeness (QED) is 0.475. The molecule has 1 heterocycles. The maximum Gasteiger partial charge on any atom is 0.244 e. The standard InChI is InChI=1S/C26H25N3O3S2/c27-18-22-10-4-7-13-25(22)34(31,32)29-16-14-21(15-17-29)26(30)28-23-11-5-6-12-24(23)33-19-20-8-2-1-3-9-20/h1-13,21H,14-17,19H2,(H,28,30). The lowest BCUT2D eigenvalue weighted by Gasteiger charge is -2.30. The summed E-state index contributed by atoms with van der Waals surface area (Å²) >= 11 is 1.67. The summed E-state index contributed by atoms with van der Waals surface area (Å²) in [6, 6.07) is 26.0. The van der Waals surface area contributed by atoms with Crippen LogP contribution in [0.25, 0.3) is 0 Å². The summed E-state index contributed by atoms with van der Waals surface area (Å²) in [4.78, 5) is 14.0. The van der Waals surface area contributed by atoms with E-state index in [2.05, 4.69) is 17.4 Å². The average molecular weight is 492 g/mol. The number of sulfonamides is 1. The molecular formula is C26H25N3O3S2. The van der Waals surface area contributed by atoms with Gasteiger partial charge in [0, 0.05) is 29.7 Å². The van der Waals surface area contributed by atoms with Crippen LogP contribution < -0.4 is 5.32 Å². The van der Waals surface area contributed by atoms with E-state index in [1.165, 1.54) is 22.0 Å². The summed E-state index contributed by atoms with van der Waals surface area (Å²) in [5.74, 6) is 0.431. The van der Waals surface area contributed by atoms with E-state index in [0.29, 0.717) is 12.8 Å². The van der Waals surface area contributed by atoms with Gasteiger partial charge in [-0.25, -0.2) is 8.42 Å². The van der Waals surface area contributed by atoms with Gasteiger partial charge >= 0.3 is 0 Å². The van der Waals surface area contributed by atoms with Gasteiger partial charge in [0.05, 0.1) is 16.1 Å². The third kappa shape index (κ3) is 5.50. The van der Waals surface area contributed by atoms with Crippen LogP contribution in [-0.2, 0) is 20.6 Å². The molecule has 1 saturated heterocycles. The number of hydrogen-bond acceptors (Lipinski definition) is 5. The number of nitrogens with zero attached hydrogens (tertiary/aromatic N) is 2. The first-order valence-corrected chi connectivity index (χ1v) is 13.5. The minimum Gasteiger partial charge on any atom is -0.325 e. The summed E-state index contributed by atoms with van der Waals surface area (Å²) < 4.78 is 27.5. The number of rotatable bonds is 7.